The Morgan fingerprint density at radius 2 is 2.04 bits per heavy atom. The van der Waals surface area contributed by atoms with Crippen LogP contribution in [-0.4, -0.2) is 31.6 Å². The molecule has 3 aromatic rings. The first-order chi connectivity index (χ1) is 13.1. The topological polar surface area (TPSA) is 93.7 Å². The third-order valence-corrected chi connectivity index (χ3v) is 5.00. The predicted octanol–water partition coefficient (Wildman–Crippen LogP) is 3.41. The monoisotopic (exact) mass is 369 g/mol. The zero-order valence-corrected chi connectivity index (χ0v) is 15.3. The fraction of sp³-hybridized carbons (Fsp3) is 0.421. The van der Waals surface area contributed by atoms with Crippen LogP contribution < -0.4 is 16.4 Å². The molecule has 7 nitrogen and oxygen atoms in total. The van der Waals surface area contributed by atoms with Gasteiger partial charge in [-0.05, 0) is 50.8 Å². The normalized spacial score (nSPS) is 20.0. The molecule has 2 heterocycles. The van der Waals surface area contributed by atoms with Crippen molar-refractivity contribution in [2.24, 2.45) is 5.73 Å². The van der Waals surface area contributed by atoms with Gasteiger partial charge in [-0.3, -0.25) is 0 Å². The van der Waals surface area contributed by atoms with Gasteiger partial charge in [0.25, 0.3) is 0 Å². The molecule has 1 aliphatic carbocycles. The smallest absolute Gasteiger partial charge is 0.227 e. The Hall–Kier alpha value is -2.74. The Kier molecular flexibility index (Phi) is 4.89. The number of halogens is 1. The quantitative estimate of drug-likeness (QED) is 0.638. The molecule has 2 aromatic heterocycles. The Morgan fingerprint density at radius 1 is 1.22 bits per heavy atom. The van der Waals surface area contributed by atoms with Crippen LogP contribution in [0.2, 0.25) is 0 Å². The van der Waals surface area contributed by atoms with Crippen LogP contribution in [0.25, 0.3) is 11.2 Å². The van der Waals surface area contributed by atoms with Crippen LogP contribution in [0.3, 0.4) is 0 Å². The average molecular weight is 369 g/mol. The second-order valence-corrected chi connectivity index (χ2v) is 6.99. The van der Waals surface area contributed by atoms with Crippen LogP contribution in [0.5, 0.6) is 0 Å². The van der Waals surface area contributed by atoms with Gasteiger partial charge in [0.15, 0.2) is 17.0 Å². The van der Waals surface area contributed by atoms with Gasteiger partial charge in [-0.2, -0.15) is 9.97 Å². The van der Waals surface area contributed by atoms with Crippen LogP contribution in [0.15, 0.2) is 30.6 Å². The van der Waals surface area contributed by atoms with Crippen molar-refractivity contribution in [3.63, 3.8) is 0 Å². The first kappa shape index (κ1) is 17.7. The molecule has 1 fully saturated rings. The molecular formula is C19H24FN7. The van der Waals surface area contributed by atoms with Crippen molar-refractivity contribution in [3.8, 4) is 0 Å². The first-order valence-electron chi connectivity index (χ1n) is 9.40. The molecule has 142 valence electrons. The number of nitrogens with zero attached hydrogens (tertiary/aromatic N) is 4. The molecule has 0 radical (unpaired) electrons. The van der Waals surface area contributed by atoms with E-state index >= 15 is 0 Å². The molecule has 0 spiro atoms. The van der Waals surface area contributed by atoms with E-state index in [-0.39, 0.29) is 11.9 Å². The van der Waals surface area contributed by atoms with E-state index in [4.69, 9.17) is 5.73 Å². The number of imidazole rings is 1. The summed E-state index contributed by atoms with van der Waals surface area (Å²) in [5, 5.41) is 6.62. The Labute approximate surface area is 157 Å². The van der Waals surface area contributed by atoms with E-state index in [0.29, 0.717) is 29.0 Å². The summed E-state index contributed by atoms with van der Waals surface area (Å²) in [7, 11) is 0. The number of rotatable bonds is 5. The van der Waals surface area contributed by atoms with Crippen molar-refractivity contribution in [1.82, 2.24) is 19.5 Å². The molecule has 0 aliphatic heterocycles. The van der Waals surface area contributed by atoms with Crippen molar-refractivity contribution in [3.05, 3.63) is 36.4 Å². The number of nitrogens with one attached hydrogen (secondary N) is 2. The van der Waals surface area contributed by atoms with Crippen LogP contribution in [0.4, 0.5) is 21.8 Å². The fourth-order valence-electron chi connectivity index (χ4n) is 3.48. The highest BCUT2D eigenvalue weighted by Gasteiger charge is 2.20. The highest BCUT2D eigenvalue weighted by atomic mass is 19.1. The molecule has 0 saturated heterocycles. The average Bonchev–Trinajstić information content (AvgIpc) is 3.07. The summed E-state index contributed by atoms with van der Waals surface area (Å²) in [4.78, 5) is 13.7. The van der Waals surface area contributed by atoms with Gasteiger partial charge in [0.1, 0.15) is 5.82 Å². The third-order valence-electron chi connectivity index (χ3n) is 5.00. The van der Waals surface area contributed by atoms with Crippen molar-refractivity contribution >= 4 is 28.6 Å². The van der Waals surface area contributed by atoms with Crippen LogP contribution in [0.1, 0.15) is 32.6 Å². The SMILES string of the molecule is CCn1cnc2c(Nc3cccc(F)c3)nc(N[C@H]3CC[C@@H](N)CC3)nc21. The van der Waals surface area contributed by atoms with Crippen LogP contribution in [0, 0.1) is 5.82 Å². The number of aryl methyl sites for hydroxylation is 1. The number of nitrogens with two attached hydrogens (primary N) is 1. The fourth-order valence-corrected chi connectivity index (χ4v) is 3.48. The zero-order valence-electron chi connectivity index (χ0n) is 15.3. The minimum atomic E-state index is -0.304. The van der Waals surface area contributed by atoms with E-state index in [1.54, 1.807) is 18.5 Å². The maximum atomic E-state index is 13.5. The van der Waals surface area contributed by atoms with Gasteiger partial charge < -0.3 is 20.9 Å². The van der Waals surface area contributed by atoms with Crippen molar-refractivity contribution in [2.45, 2.75) is 51.2 Å². The highest BCUT2D eigenvalue weighted by molar-refractivity contribution is 5.86. The summed E-state index contributed by atoms with van der Waals surface area (Å²) in [5.41, 5.74) is 8.04. The van der Waals surface area contributed by atoms with Crippen LogP contribution in [-0.2, 0) is 6.54 Å². The number of benzene rings is 1. The number of fused-ring (bicyclic) bond motifs is 1. The second-order valence-electron chi connectivity index (χ2n) is 6.99. The summed E-state index contributed by atoms with van der Waals surface area (Å²) in [5.74, 6) is 0.811. The number of aromatic nitrogens is 4. The molecule has 1 saturated carbocycles. The Morgan fingerprint density at radius 3 is 2.78 bits per heavy atom. The van der Waals surface area contributed by atoms with E-state index in [0.717, 1.165) is 37.9 Å². The number of hydrogen-bond acceptors (Lipinski definition) is 6. The Balaban J connectivity index is 1.67. The number of hydrogen-bond donors (Lipinski definition) is 3. The molecule has 0 bridgehead atoms. The summed E-state index contributed by atoms with van der Waals surface area (Å²) in [6, 6.07) is 6.89. The van der Waals surface area contributed by atoms with E-state index in [1.165, 1.54) is 12.1 Å². The van der Waals surface area contributed by atoms with Crippen LogP contribution >= 0.6 is 0 Å². The predicted molar refractivity (Wildman–Crippen MR) is 105 cm³/mol. The highest BCUT2D eigenvalue weighted by Crippen LogP contribution is 2.26. The molecule has 1 aromatic carbocycles. The molecule has 1 aliphatic rings. The van der Waals surface area contributed by atoms with Gasteiger partial charge in [0, 0.05) is 24.3 Å². The summed E-state index contributed by atoms with van der Waals surface area (Å²) < 4.78 is 15.5. The number of anilines is 3. The summed E-state index contributed by atoms with van der Waals surface area (Å²) in [6.07, 6.45) is 5.76. The molecule has 27 heavy (non-hydrogen) atoms. The molecule has 0 amide bonds. The van der Waals surface area contributed by atoms with E-state index in [2.05, 4.69) is 25.6 Å². The summed E-state index contributed by atoms with van der Waals surface area (Å²) in [6.45, 7) is 2.79. The lowest BCUT2D eigenvalue weighted by Crippen LogP contribution is -2.33. The van der Waals surface area contributed by atoms with Gasteiger partial charge in [0.05, 0.1) is 6.33 Å². The van der Waals surface area contributed by atoms with Gasteiger partial charge >= 0.3 is 0 Å². The Bertz CT molecular complexity index is 931. The van der Waals surface area contributed by atoms with Gasteiger partial charge in [0.2, 0.25) is 5.95 Å². The molecular weight excluding hydrogens is 345 g/mol. The first-order valence-corrected chi connectivity index (χ1v) is 9.40. The molecule has 8 heteroatoms. The lowest BCUT2D eigenvalue weighted by atomic mass is 9.92. The van der Waals surface area contributed by atoms with Crippen molar-refractivity contribution in [2.75, 3.05) is 10.6 Å². The second kappa shape index (κ2) is 7.48. The van der Waals surface area contributed by atoms with Gasteiger partial charge in [-0.15, -0.1) is 0 Å². The minimum absolute atomic E-state index is 0.290. The molecule has 0 atom stereocenters. The van der Waals surface area contributed by atoms with Gasteiger partial charge in [-0.25, -0.2) is 9.37 Å². The maximum absolute atomic E-state index is 13.5. The lowest BCUT2D eigenvalue weighted by Gasteiger charge is -2.26. The third kappa shape index (κ3) is 3.85. The van der Waals surface area contributed by atoms with Crippen molar-refractivity contribution in [1.29, 1.82) is 0 Å². The molecule has 0 unspecified atom stereocenters. The molecule has 4 N–H and O–H groups in total. The van der Waals surface area contributed by atoms with E-state index < -0.39 is 0 Å². The standard InChI is InChI=1S/C19H24FN7/c1-2-27-11-22-16-17(23-15-5-3-4-12(20)10-15)25-19(26-18(16)27)24-14-8-6-13(21)7-9-14/h3-5,10-11,13-14H,2,6-9,21H2,1H3,(H2,23,24,25,26)/t13-,14+. The minimum Gasteiger partial charge on any atom is -0.351 e. The van der Waals surface area contributed by atoms with E-state index in [9.17, 15) is 4.39 Å². The van der Waals surface area contributed by atoms with E-state index in [1.807, 2.05) is 11.5 Å². The van der Waals surface area contributed by atoms with Crippen molar-refractivity contribution < 1.29 is 4.39 Å². The summed E-state index contributed by atoms with van der Waals surface area (Å²) >= 11 is 0. The largest absolute Gasteiger partial charge is 0.351 e. The zero-order chi connectivity index (χ0) is 18.8. The van der Waals surface area contributed by atoms with Gasteiger partial charge in [-0.1, -0.05) is 6.07 Å². The maximum Gasteiger partial charge on any atom is 0.227 e. The lowest BCUT2D eigenvalue weighted by molar-refractivity contribution is 0.410. The molecule has 4 rings (SSSR count).